The van der Waals surface area contributed by atoms with E-state index in [-0.39, 0.29) is 5.91 Å². The maximum absolute atomic E-state index is 12.5. The first kappa shape index (κ1) is 16.0. The number of anilines is 1. The zero-order valence-electron chi connectivity index (χ0n) is 12.1. The first-order valence-corrected chi connectivity index (χ1v) is 8.51. The molecule has 3 rings (SSSR count). The van der Waals surface area contributed by atoms with Crippen molar-refractivity contribution >= 4 is 45.8 Å². The topological polar surface area (TPSA) is 29.1 Å². The summed E-state index contributed by atoms with van der Waals surface area (Å²) in [7, 11) is 0. The molecule has 0 atom stereocenters. The van der Waals surface area contributed by atoms with Gasteiger partial charge in [-0.05, 0) is 64.0 Å². The van der Waals surface area contributed by atoms with Gasteiger partial charge in [0.1, 0.15) is 0 Å². The molecular formula is C19H13ClINO. The van der Waals surface area contributed by atoms with Gasteiger partial charge in [0.2, 0.25) is 0 Å². The molecule has 0 aromatic heterocycles. The van der Waals surface area contributed by atoms with Crippen LogP contribution in [0.3, 0.4) is 0 Å². The molecule has 1 N–H and O–H groups in total. The van der Waals surface area contributed by atoms with Crippen LogP contribution in [-0.2, 0) is 0 Å². The lowest BCUT2D eigenvalue weighted by atomic mass is 10.0. The Labute approximate surface area is 153 Å². The summed E-state index contributed by atoms with van der Waals surface area (Å²) in [5, 5.41) is 3.58. The van der Waals surface area contributed by atoms with Gasteiger partial charge in [0.15, 0.2) is 0 Å². The van der Waals surface area contributed by atoms with E-state index in [1.807, 2.05) is 66.7 Å². The molecule has 0 saturated heterocycles. The van der Waals surface area contributed by atoms with Crippen LogP contribution in [0, 0.1) is 3.57 Å². The van der Waals surface area contributed by atoms with E-state index in [1.165, 1.54) is 0 Å². The van der Waals surface area contributed by atoms with Gasteiger partial charge in [-0.3, -0.25) is 4.79 Å². The van der Waals surface area contributed by atoms with E-state index in [2.05, 4.69) is 27.9 Å². The minimum Gasteiger partial charge on any atom is -0.321 e. The monoisotopic (exact) mass is 433 g/mol. The number of carbonyl (C=O) groups excluding carboxylic acids is 1. The summed E-state index contributed by atoms with van der Waals surface area (Å²) < 4.78 is 0.905. The largest absolute Gasteiger partial charge is 0.321 e. The summed E-state index contributed by atoms with van der Waals surface area (Å²) in [6.45, 7) is 0. The van der Waals surface area contributed by atoms with E-state index in [9.17, 15) is 4.79 Å². The zero-order chi connectivity index (χ0) is 16.2. The first-order chi connectivity index (χ1) is 11.1. The van der Waals surface area contributed by atoms with Crippen molar-refractivity contribution in [3.63, 3.8) is 0 Å². The van der Waals surface area contributed by atoms with Crippen molar-refractivity contribution < 1.29 is 4.79 Å². The highest BCUT2D eigenvalue weighted by molar-refractivity contribution is 14.1. The van der Waals surface area contributed by atoms with Crippen LogP contribution < -0.4 is 5.32 Å². The SMILES string of the molecule is O=C(Nc1ccc(Cl)cc1I)c1cccc(-c2ccccc2)c1. The molecule has 0 aliphatic carbocycles. The molecule has 0 fully saturated rings. The number of halogens is 2. The Kier molecular flexibility index (Phi) is 4.98. The molecule has 0 bridgehead atoms. The third-order valence-corrected chi connectivity index (χ3v) is 4.54. The van der Waals surface area contributed by atoms with E-state index < -0.39 is 0 Å². The first-order valence-electron chi connectivity index (χ1n) is 7.05. The Morgan fingerprint density at radius 1 is 0.870 bits per heavy atom. The molecule has 0 saturated carbocycles. The van der Waals surface area contributed by atoms with Gasteiger partial charge in [-0.25, -0.2) is 0 Å². The molecule has 3 aromatic rings. The lowest BCUT2D eigenvalue weighted by molar-refractivity contribution is 0.102. The van der Waals surface area contributed by atoms with Gasteiger partial charge in [0.25, 0.3) is 5.91 Å². The standard InChI is InChI=1S/C19H13ClINO/c20-16-9-10-18(17(21)12-16)22-19(23)15-8-4-7-14(11-15)13-5-2-1-3-6-13/h1-12H,(H,22,23). The van der Waals surface area contributed by atoms with E-state index >= 15 is 0 Å². The second-order valence-corrected chi connectivity index (χ2v) is 6.62. The van der Waals surface area contributed by atoms with Crippen molar-refractivity contribution in [2.45, 2.75) is 0 Å². The number of rotatable bonds is 3. The van der Waals surface area contributed by atoms with Gasteiger partial charge < -0.3 is 5.32 Å². The fourth-order valence-corrected chi connectivity index (χ4v) is 3.26. The van der Waals surface area contributed by atoms with Gasteiger partial charge >= 0.3 is 0 Å². The average molecular weight is 434 g/mol. The molecule has 0 unspecified atom stereocenters. The number of nitrogens with one attached hydrogen (secondary N) is 1. The van der Waals surface area contributed by atoms with Crippen LogP contribution in [0.4, 0.5) is 5.69 Å². The minimum atomic E-state index is -0.136. The number of carbonyl (C=O) groups is 1. The summed E-state index contributed by atoms with van der Waals surface area (Å²) in [6.07, 6.45) is 0. The second kappa shape index (κ2) is 7.15. The number of hydrogen-bond donors (Lipinski definition) is 1. The van der Waals surface area contributed by atoms with Gasteiger partial charge in [-0.15, -0.1) is 0 Å². The summed E-state index contributed by atoms with van der Waals surface area (Å²) in [4.78, 5) is 12.5. The summed E-state index contributed by atoms with van der Waals surface area (Å²) in [6, 6.07) is 23.0. The predicted octanol–water partition coefficient (Wildman–Crippen LogP) is 5.86. The van der Waals surface area contributed by atoms with E-state index in [1.54, 1.807) is 6.07 Å². The van der Waals surface area contributed by atoms with E-state index in [4.69, 9.17) is 11.6 Å². The van der Waals surface area contributed by atoms with Crippen LogP contribution >= 0.6 is 34.2 Å². The lowest BCUT2D eigenvalue weighted by Crippen LogP contribution is -2.12. The van der Waals surface area contributed by atoms with Gasteiger partial charge in [-0.2, -0.15) is 0 Å². The van der Waals surface area contributed by atoms with E-state index in [0.717, 1.165) is 20.4 Å². The Morgan fingerprint density at radius 2 is 1.61 bits per heavy atom. The fraction of sp³-hybridized carbons (Fsp3) is 0. The number of hydrogen-bond acceptors (Lipinski definition) is 1. The van der Waals surface area contributed by atoms with Crippen molar-refractivity contribution in [3.05, 3.63) is 87.0 Å². The van der Waals surface area contributed by atoms with Gasteiger partial charge in [-0.1, -0.05) is 54.1 Å². The predicted molar refractivity (Wildman–Crippen MR) is 104 cm³/mol. The van der Waals surface area contributed by atoms with Crippen molar-refractivity contribution in [1.29, 1.82) is 0 Å². The summed E-state index contributed by atoms with van der Waals surface area (Å²) in [5.41, 5.74) is 3.48. The van der Waals surface area contributed by atoms with Crippen molar-refractivity contribution in [3.8, 4) is 11.1 Å². The molecule has 0 heterocycles. The Bertz CT molecular complexity index is 849. The molecule has 23 heavy (non-hydrogen) atoms. The van der Waals surface area contributed by atoms with Crippen LogP contribution in [0.15, 0.2) is 72.8 Å². The molecular weight excluding hydrogens is 421 g/mol. The average Bonchev–Trinajstić information content (AvgIpc) is 2.58. The highest BCUT2D eigenvalue weighted by Crippen LogP contribution is 2.24. The fourth-order valence-electron chi connectivity index (χ4n) is 2.26. The smallest absolute Gasteiger partial charge is 0.255 e. The maximum Gasteiger partial charge on any atom is 0.255 e. The number of amides is 1. The highest BCUT2D eigenvalue weighted by atomic mass is 127. The Morgan fingerprint density at radius 3 is 2.35 bits per heavy atom. The number of benzene rings is 3. The van der Waals surface area contributed by atoms with Crippen molar-refractivity contribution in [1.82, 2.24) is 0 Å². The second-order valence-electron chi connectivity index (χ2n) is 5.03. The van der Waals surface area contributed by atoms with Crippen LogP contribution in [-0.4, -0.2) is 5.91 Å². The Hall–Kier alpha value is -1.85. The zero-order valence-corrected chi connectivity index (χ0v) is 15.0. The van der Waals surface area contributed by atoms with Crippen molar-refractivity contribution in [2.75, 3.05) is 5.32 Å². The molecule has 1 amide bonds. The molecule has 3 aromatic carbocycles. The highest BCUT2D eigenvalue weighted by Gasteiger charge is 2.09. The van der Waals surface area contributed by atoms with Crippen molar-refractivity contribution in [2.24, 2.45) is 0 Å². The molecule has 2 nitrogen and oxygen atoms in total. The minimum absolute atomic E-state index is 0.136. The van der Waals surface area contributed by atoms with Gasteiger partial charge in [0.05, 0.1) is 5.69 Å². The molecule has 0 aliphatic rings. The van der Waals surface area contributed by atoms with Crippen LogP contribution in [0.25, 0.3) is 11.1 Å². The Balaban J connectivity index is 1.85. The lowest BCUT2D eigenvalue weighted by Gasteiger charge is -2.09. The molecule has 114 valence electrons. The van der Waals surface area contributed by atoms with Gasteiger partial charge in [0, 0.05) is 14.2 Å². The molecule has 4 heteroatoms. The normalized spacial score (nSPS) is 10.3. The van der Waals surface area contributed by atoms with Crippen LogP contribution in [0.2, 0.25) is 5.02 Å². The van der Waals surface area contributed by atoms with E-state index in [0.29, 0.717) is 10.6 Å². The molecule has 0 radical (unpaired) electrons. The van der Waals surface area contributed by atoms with Crippen LogP contribution in [0.5, 0.6) is 0 Å². The molecule has 0 aliphatic heterocycles. The molecule has 0 spiro atoms. The third kappa shape index (κ3) is 3.92. The van der Waals surface area contributed by atoms with Crippen LogP contribution in [0.1, 0.15) is 10.4 Å². The maximum atomic E-state index is 12.5. The quantitative estimate of drug-likeness (QED) is 0.515. The third-order valence-electron chi connectivity index (χ3n) is 3.41. The summed E-state index contributed by atoms with van der Waals surface area (Å²) >= 11 is 8.10. The summed E-state index contributed by atoms with van der Waals surface area (Å²) in [5.74, 6) is -0.136.